The Balaban J connectivity index is 1.70. The molecule has 1 heterocycles. The summed E-state index contributed by atoms with van der Waals surface area (Å²) in [4.78, 5) is 6.80. The molecular weight excluding hydrogens is 188 g/mol. The summed E-state index contributed by atoms with van der Waals surface area (Å²) in [5, 5.41) is 3.22. The second kappa shape index (κ2) is 4.84. The Labute approximate surface area is 91.9 Å². The largest absolute Gasteiger partial charge is 0.370 e. The number of piperidine rings is 1. The van der Waals surface area contributed by atoms with Gasteiger partial charge in [0.1, 0.15) is 0 Å². The summed E-state index contributed by atoms with van der Waals surface area (Å²) in [6, 6.07) is 0.614. The van der Waals surface area contributed by atoms with Gasteiger partial charge in [-0.1, -0.05) is 0 Å². The van der Waals surface area contributed by atoms with E-state index in [1.165, 1.54) is 38.8 Å². The molecule has 0 aromatic carbocycles. The number of nitrogens with two attached hydrogens (primary N) is 1. The third kappa shape index (κ3) is 3.70. The summed E-state index contributed by atoms with van der Waals surface area (Å²) in [5.74, 6) is 1.34. The molecule has 15 heavy (non-hydrogen) atoms. The molecule has 0 radical (unpaired) electrons. The smallest absolute Gasteiger partial charge is 0.188 e. The minimum atomic E-state index is 0.614. The zero-order chi connectivity index (χ0) is 10.7. The van der Waals surface area contributed by atoms with Crippen LogP contribution in [0.25, 0.3) is 0 Å². The molecule has 0 bridgehead atoms. The molecule has 4 nitrogen and oxygen atoms in total. The number of nitrogens with one attached hydrogen (secondary N) is 1. The molecule has 0 amide bonds. The summed E-state index contributed by atoms with van der Waals surface area (Å²) in [5.41, 5.74) is 5.79. The van der Waals surface area contributed by atoms with Crippen molar-refractivity contribution in [3.8, 4) is 0 Å². The quantitative estimate of drug-likeness (QED) is 0.523. The molecule has 0 aromatic rings. The molecule has 1 saturated heterocycles. The standard InChI is InChI=1S/C11H22N4/c1-15-6-2-3-9(8-15)7-13-11(12)14-10-4-5-10/h9-10H,2-8H2,1H3,(H3,12,13,14). The molecule has 1 saturated carbocycles. The number of likely N-dealkylation sites (tertiary alicyclic amines) is 1. The van der Waals surface area contributed by atoms with Crippen molar-refractivity contribution in [3.05, 3.63) is 0 Å². The highest BCUT2D eigenvalue weighted by atomic mass is 15.1. The van der Waals surface area contributed by atoms with Gasteiger partial charge in [-0.3, -0.25) is 4.99 Å². The zero-order valence-corrected chi connectivity index (χ0v) is 9.58. The Morgan fingerprint density at radius 3 is 2.93 bits per heavy atom. The molecule has 3 N–H and O–H groups in total. The molecule has 1 aliphatic carbocycles. The first kappa shape index (κ1) is 10.7. The van der Waals surface area contributed by atoms with Crippen LogP contribution in [0, 0.1) is 5.92 Å². The van der Waals surface area contributed by atoms with Crippen LogP contribution in [0.15, 0.2) is 4.99 Å². The first-order valence-electron chi connectivity index (χ1n) is 5.99. The molecule has 0 aromatic heterocycles. The molecule has 0 spiro atoms. The fraction of sp³-hybridized carbons (Fsp3) is 0.909. The maximum atomic E-state index is 5.79. The second-order valence-electron chi connectivity index (χ2n) is 4.92. The summed E-state index contributed by atoms with van der Waals surface area (Å²) in [6.07, 6.45) is 5.10. The van der Waals surface area contributed by atoms with Gasteiger partial charge in [-0.15, -0.1) is 0 Å². The third-order valence-corrected chi connectivity index (χ3v) is 3.17. The Kier molecular flexibility index (Phi) is 3.46. The highest BCUT2D eigenvalue weighted by Crippen LogP contribution is 2.18. The second-order valence-corrected chi connectivity index (χ2v) is 4.92. The van der Waals surface area contributed by atoms with E-state index in [4.69, 9.17) is 5.73 Å². The van der Waals surface area contributed by atoms with Crippen molar-refractivity contribution in [2.75, 3.05) is 26.7 Å². The van der Waals surface area contributed by atoms with Gasteiger partial charge in [-0.2, -0.15) is 0 Å². The number of rotatable bonds is 3. The fourth-order valence-electron chi connectivity index (χ4n) is 2.13. The van der Waals surface area contributed by atoms with Crippen molar-refractivity contribution >= 4 is 5.96 Å². The summed E-state index contributed by atoms with van der Waals surface area (Å²) < 4.78 is 0. The molecule has 1 aliphatic heterocycles. The third-order valence-electron chi connectivity index (χ3n) is 3.17. The average molecular weight is 210 g/mol. The van der Waals surface area contributed by atoms with E-state index in [0.717, 1.165) is 6.54 Å². The number of guanidine groups is 1. The highest BCUT2D eigenvalue weighted by Gasteiger charge is 2.21. The average Bonchev–Trinajstić information content (AvgIpc) is 2.99. The molecule has 4 heteroatoms. The van der Waals surface area contributed by atoms with Crippen molar-refractivity contribution in [1.29, 1.82) is 0 Å². The van der Waals surface area contributed by atoms with Crippen LogP contribution in [-0.4, -0.2) is 43.6 Å². The van der Waals surface area contributed by atoms with Crippen LogP contribution < -0.4 is 11.1 Å². The van der Waals surface area contributed by atoms with Gasteiger partial charge in [-0.05, 0) is 45.2 Å². The summed E-state index contributed by atoms with van der Waals surface area (Å²) in [7, 11) is 2.18. The molecule has 2 fully saturated rings. The SMILES string of the molecule is CN1CCCC(CN=C(N)NC2CC2)C1. The number of nitrogens with zero attached hydrogens (tertiary/aromatic N) is 2. The maximum absolute atomic E-state index is 5.79. The lowest BCUT2D eigenvalue weighted by Crippen LogP contribution is -2.36. The summed E-state index contributed by atoms with van der Waals surface area (Å²) in [6.45, 7) is 3.28. The normalized spacial score (nSPS) is 29.1. The van der Waals surface area contributed by atoms with Crippen LogP contribution in [0.1, 0.15) is 25.7 Å². The van der Waals surface area contributed by atoms with Crippen molar-refractivity contribution in [2.24, 2.45) is 16.6 Å². The molecule has 2 rings (SSSR count). The predicted molar refractivity (Wildman–Crippen MR) is 62.9 cm³/mol. The van der Waals surface area contributed by atoms with Crippen LogP contribution >= 0.6 is 0 Å². The zero-order valence-electron chi connectivity index (χ0n) is 9.58. The van der Waals surface area contributed by atoms with Gasteiger partial charge < -0.3 is 16.0 Å². The van der Waals surface area contributed by atoms with Crippen LogP contribution in [0.5, 0.6) is 0 Å². The van der Waals surface area contributed by atoms with Gasteiger partial charge in [0.15, 0.2) is 5.96 Å². The number of hydrogen-bond acceptors (Lipinski definition) is 2. The first-order chi connectivity index (χ1) is 7.24. The van der Waals surface area contributed by atoms with Gasteiger partial charge in [0.05, 0.1) is 0 Å². The van der Waals surface area contributed by atoms with Gasteiger partial charge in [-0.25, -0.2) is 0 Å². The van der Waals surface area contributed by atoms with E-state index < -0.39 is 0 Å². The van der Waals surface area contributed by atoms with Crippen molar-refractivity contribution in [3.63, 3.8) is 0 Å². The summed E-state index contributed by atoms with van der Waals surface area (Å²) >= 11 is 0. The van der Waals surface area contributed by atoms with Gasteiger partial charge in [0.25, 0.3) is 0 Å². The Morgan fingerprint density at radius 2 is 2.27 bits per heavy atom. The fourth-order valence-corrected chi connectivity index (χ4v) is 2.13. The lowest BCUT2D eigenvalue weighted by atomic mass is 9.99. The number of aliphatic imine (C=N–C) groups is 1. The first-order valence-corrected chi connectivity index (χ1v) is 5.99. The topological polar surface area (TPSA) is 53.6 Å². The van der Waals surface area contributed by atoms with E-state index in [1.54, 1.807) is 0 Å². The molecule has 86 valence electrons. The molecular formula is C11H22N4. The molecule has 2 aliphatic rings. The van der Waals surface area contributed by atoms with Crippen LogP contribution in [0.3, 0.4) is 0 Å². The van der Waals surface area contributed by atoms with E-state index in [-0.39, 0.29) is 0 Å². The van der Waals surface area contributed by atoms with Crippen molar-refractivity contribution in [2.45, 2.75) is 31.7 Å². The van der Waals surface area contributed by atoms with Crippen molar-refractivity contribution in [1.82, 2.24) is 10.2 Å². The molecule has 1 unspecified atom stereocenters. The monoisotopic (exact) mass is 210 g/mol. The lowest BCUT2D eigenvalue weighted by molar-refractivity contribution is 0.214. The Morgan fingerprint density at radius 1 is 1.47 bits per heavy atom. The van der Waals surface area contributed by atoms with Crippen LogP contribution in [0.4, 0.5) is 0 Å². The molecule has 1 atom stereocenters. The van der Waals surface area contributed by atoms with Crippen LogP contribution in [-0.2, 0) is 0 Å². The van der Waals surface area contributed by atoms with E-state index in [1.807, 2.05) is 0 Å². The van der Waals surface area contributed by atoms with E-state index in [2.05, 4.69) is 22.3 Å². The van der Waals surface area contributed by atoms with Gasteiger partial charge in [0.2, 0.25) is 0 Å². The minimum Gasteiger partial charge on any atom is -0.370 e. The van der Waals surface area contributed by atoms with E-state index in [0.29, 0.717) is 17.9 Å². The lowest BCUT2D eigenvalue weighted by Gasteiger charge is -2.28. The Hall–Kier alpha value is -0.770. The minimum absolute atomic E-state index is 0.614. The predicted octanol–water partition coefficient (Wildman–Crippen LogP) is 0.395. The Bertz CT molecular complexity index is 235. The van der Waals surface area contributed by atoms with Crippen LogP contribution in [0.2, 0.25) is 0 Å². The van der Waals surface area contributed by atoms with Gasteiger partial charge >= 0.3 is 0 Å². The van der Waals surface area contributed by atoms with E-state index in [9.17, 15) is 0 Å². The number of hydrogen-bond donors (Lipinski definition) is 2. The highest BCUT2D eigenvalue weighted by molar-refractivity contribution is 5.78. The maximum Gasteiger partial charge on any atom is 0.188 e. The van der Waals surface area contributed by atoms with E-state index >= 15 is 0 Å². The van der Waals surface area contributed by atoms with Gasteiger partial charge in [0, 0.05) is 19.1 Å². The van der Waals surface area contributed by atoms with Crippen molar-refractivity contribution < 1.29 is 0 Å².